The number of rotatable bonds is 5. The number of hydrogen-bond donors (Lipinski definition) is 1. The summed E-state index contributed by atoms with van der Waals surface area (Å²) in [6.07, 6.45) is 1.69. The Balaban J connectivity index is 1.61. The minimum Gasteiger partial charge on any atom is -0.459 e. The quantitative estimate of drug-likeness (QED) is 0.553. The number of methoxy groups -OCH3 is 3. The largest absolute Gasteiger partial charge is 0.459 e. The van der Waals surface area contributed by atoms with E-state index in [1.807, 2.05) is 0 Å². The highest BCUT2D eigenvalue weighted by atomic mass is 16.7. The van der Waals surface area contributed by atoms with Crippen molar-refractivity contribution >= 4 is 5.97 Å². The lowest BCUT2D eigenvalue weighted by Gasteiger charge is -2.71. The zero-order chi connectivity index (χ0) is 25.5. The minimum absolute atomic E-state index is 0.0317. The van der Waals surface area contributed by atoms with Crippen LogP contribution in [0.4, 0.5) is 0 Å². The first kappa shape index (κ1) is 24.2. The fourth-order valence-electron chi connectivity index (χ4n) is 11.7. The zero-order valence-electron chi connectivity index (χ0n) is 22.3. The molecule has 7 bridgehead atoms. The van der Waals surface area contributed by atoms with E-state index in [0.29, 0.717) is 12.8 Å². The number of piperidine rings is 1. The zero-order valence-corrected chi connectivity index (χ0v) is 22.3. The van der Waals surface area contributed by atoms with Crippen LogP contribution in [0.3, 0.4) is 0 Å². The first-order chi connectivity index (χ1) is 17.2. The molecule has 0 aromatic heterocycles. The van der Waals surface area contributed by atoms with Gasteiger partial charge in [0.05, 0.1) is 35.4 Å². The van der Waals surface area contributed by atoms with E-state index in [4.69, 9.17) is 28.4 Å². The summed E-state index contributed by atoms with van der Waals surface area (Å²) in [7, 11) is 5.23. The van der Waals surface area contributed by atoms with Crippen LogP contribution in [0.25, 0.3) is 0 Å². The molecular formula is C27H41NO8. The monoisotopic (exact) mass is 507 g/mol. The molecule has 9 nitrogen and oxygen atoms in total. The average Bonchev–Trinajstić information content (AvgIpc) is 3.40. The summed E-state index contributed by atoms with van der Waals surface area (Å²) in [6.45, 7) is 7.72. The Hall–Kier alpha value is -0.810. The third-order valence-electron chi connectivity index (χ3n) is 12.2. The topological polar surface area (TPSA) is 95.9 Å². The predicted octanol–water partition coefficient (Wildman–Crippen LogP) is 1.35. The summed E-state index contributed by atoms with van der Waals surface area (Å²) >= 11 is 0. The molecule has 2 saturated heterocycles. The van der Waals surface area contributed by atoms with Crippen molar-refractivity contribution in [1.82, 2.24) is 4.90 Å². The second kappa shape index (κ2) is 7.23. The number of aliphatic hydroxyl groups is 1. The lowest BCUT2D eigenvalue weighted by Crippen LogP contribution is -2.85. The molecule has 7 fully saturated rings. The fraction of sp³-hybridized carbons (Fsp3) is 0.963. The van der Waals surface area contributed by atoms with Crippen LogP contribution in [0, 0.1) is 28.6 Å². The Morgan fingerprint density at radius 3 is 2.53 bits per heavy atom. The van der Waals surface area contributed by atoms with Crippen LogP contribution in [-0.2, 0) is 33.2 Å². The Bertz CT molecular complexity index is 979. The Morgan fingerprint density at radius 1 is 1.11 bits per heavy atom. The van der Waals surface area contributed by atoms with Gasteiger partial charge in [0, 0.05) is 59.0 Å². The average molecular weight is 508 g/mol. The van der Waals surface area contributed by atoms with Crippen LogP contribution in [0.5, 0.6) is 0 Å². The van der Waals surface area contributed by atoms with Crippen molar-refractivity contribution in [2.24, 2.45) is 28.6 Å². The minimum atomic E-state index is -1.16. The summed E-state index contributed by atoms with van der Waals surface area (Å²) in [5.41, 5.74) is -3.94. The molecule has 3 spiro atoms. The van der Waals surface area contributed by atoms with Gasteiger partial charge < -0.3 is 33.5 Å². The third kappa shape index (κ3) is 2.16. The molecule has 0 amide bonds. The van der Waals surface area contributed by atoms with Gasteiger partial charge in [0.15, 0.2) is 5.60 Å². The maximum atomic E-state index is 13.4. The summed E-state index contributed by atoms with van der Waals surface area (Å²) in [5.74, 6) is -0.771. The van der Waals surface area contributed by atoms with Gasteiger partial charge >= 0.3 is 5.97 Å². The number of fused-ring (bicyclic) bond motifs is 1. The van der Waals surface area contributed by atoms with Crippen molar-refractivity contribution in [3.05, 3.63) is 0 Å². The number of esters is 1. The molecule has 36 heavy (non-hydrogen) atoms. The van der Waals surface area contributed by atoms with Gasteiger partial charge in [0.25, 0.3) is 0 Å². The van der Waals surface area contributed by atoms with Gasteiger partial charge in [-0.25, -0.2) is 0 Å². The summed E-state index contributed by atoms with van der Waals surface area (Å²) in [5, 5.41) is 13.4. The molecule has 0 aromatic rings. The van der Waals surface area contributed by atoms with E-state index >= 15 is 0 Å². The maximum absolute atomic E-state index is 13.4. The van der Waals surface area contributed by atoms with Crippen molar-refractivity contribution in [2.75, 3.05) is 41.2 Å². The molecule has 0 radical (unpaired) electrons. The van der Waals surface area contributed by atoms with Crippen molar-refractivity contribution in [2.45, 2.75) is 93.7 Å². The van der Waals surface area contributed by atoms with Crippen LogP contribution in [0.1, 0.15) is 46.5 Å². The molecule has 0 unspecified atom stereocenters. The van der Waals surface area contributed by atoms with Gasteiger partial charge in [-0.2, -0.15) is 0 Å². The van der Waals surface area contributed by atoms with Crippen LogP contribution >= 0.6 is 0 Å². The van der Waals surface area contributed by atoms with Gasteiger partial charge in [-0.3, -0.25) is 9.69 Å². The van der Waals surface area contributed by atoms with Gasteiger partial charge in [-0.05, 0) is 31.2 Å². The molecule has 13 atom stereocenters. The molecule has 7 aliphatic rings. The van der Waals surface area contributed by atoms with E-state index < -0.39 is 28.3 Å². The van der Waals surface area contributed by atoms with Crippen LogP contribution in [0.2, 0.25) is 0 Å². The van der Waals surface area contributed by atoms with Gasteiger partial charge in [-0.1, -0.05) is 13.8 Å². The van der Waals surface area contributed by atoms with Crippen molar-refractivity contribution < 1.29 is 38.3 Å². The fourth-order valence-corrected chi connectivity index (χ4v) is 11.7. The maximum Gasteiger partial charge on any atom is 0.303 e. The molecular weight excluding hydrogens is 466 g/mol. The van der Waals surface area contributed by atoms with Gasteiger partial charge in [0.2, 0.25) is 0 Å². The highest BCUT2D eigenvalue weighted by Gasteiger charge is 2.97. The van der Waals surface area contributed by atoms with Crippen molar-refractivity contribution in [3.8, 4) is 0 Å². The molecule has 5 saturated carbocycles. The summed E-state index contributed by atoms with van der Waals surface area (Å²) in [6, 6.07) is -0.224. The number of nitrogens with zero attached hydrogens (tertiary/aromatic N) is 1. The second-order valence-electron chi connectivity index (χ2n) is 12.9. The molecule has 2 heterocycles. The van der Waals surface area contributed by atoms with E-state index in [9.17, 15) is 9.90 Å². The molecule has 1 N–H and O–H groups in total. The van der Waals surface area contributed by atoms with Gasteiger partial charge in [0.1, 0.15) is 18.5 Å². The smallest absolute Gasteiger partial charge is 0.303 e. The lowest BCUT2D eigenvalue weighted by molar-refractivity contribution is -0.332. The van der Waals surface area contributed by atoms with Crippen LogP contribution in [-0.4, -0.2) is 104 Å². The highest BCUT2D eigenvalue weighted by molar-refractivity contribution is 5.67. The summed E-state index contributed by atoms with van der Waals surface area (Å²) < 4.78 is 38.7. The van der Waals surface area contributed by atoms with E-state index in [0.717, 1.165) is 25.9 Å². The highest BCUT2D eigenvalue weighted by Crippen LogP contribution is 2.83. The van der Waals surface area contributed by atoms with E-state index in [1.54, 1.807) is 21.3 Å². The third-order valence-corrected chi connectivity index (χ3v) is 12.2. The molecule has 2 aliphatic heterocycles. The van der Waals surface area contributed by atoms with Crippen molar-refractivity contribution in [1.29, 1.82) is 0 Å². The number of ether oxygens (including phenoxy) is 6. The Labute approximate surface area is 213 Å². The number of likely N-dealkylation sites (N-methyl/N-ethyl adjacent to an activating group) is 1. The SMILES string of the molecule is CCN1C[C@]2(C)CC[C@H](OC)[C@@]34[C@@H]2[C@H](OC(C)=O)[C@]2(OCO[C@@]25C[C@@H](OC)[C@@H]2C[C@@]3(O)[C@H]5[C@@H]2OC)[C@H]14. The number of carbonyl (C=O) groups excluding carboxylic acids is 1. The van der Waals surface area contributed by atoms with E-state index in [-0.39, 0.29) is 60.3 Å². The van der Waals surface area contributed by atoms with Crippen LogP contribution < -0.4 is 0 Å². The first-order valence-corrected chi connectivity index (χ1v) is 13.7. The molecule has 0 aromatic carbocycles. The lowest BCUT2D eigenvalue weighted by atomic mass is 9.41. The summed E-state index contributed by atoms with van der Waals surface area (Å²) in [4.78, 5) is 15.3. The molecule has 9 heteroatoms. The van der Waals surface area contributed by atoms with Crippen molar-refractivity contribution in [3.63, 3.8) is 0 Å². The molecule has 5 aliphatic carbocycles. The predicted molar refractivity (Wildman–Crippen MR) is 126 cm³/mol. The normalized spacial score (nSPS) is 60.2. The van der Waals surface area contributed by atoms with Gasteiger partial charge in [-0.15, -0.1) is 0 Å². The molecule has 202 valence electrons. The van der Waals surface area contributed by atoms with Crippen LogP contribution in [0.15, 0.2) is 0 Å². The standard InChI is InChI=1S/C27H41NO8/c1-7-28-12-23(3)9-8-17(32-5)26-20(23)21(36-14(2)29)27(22(26)28)25(34-13-35-27)11-16(31-4)15-10-24(26,30)19(25)18(15)33-6/h15-22,30H,7-13H2,1-6H3/t15-,16+,17-,18+,19+,20+,21-,22+,23-,24+,25+,26-,27-/m0/s1. The first-order valence-electron chi connectivity index (χ1n) is 13.7. The van der Waals surface area contributed by atoms with E-state index in [2.05, 4.69) is 18.7 Å². The molecule has 7 rings (SSSR count). The number of hydrogen-bond acceptors (Lipinski definition) is 9. The number of carbonyl (C=O) groups is 1. The van der Waals surface area contributed by atoms with E-state index in [1.165, 1.54) is 6.92 Å². The Kier molecular flexibility index (Phi) is 4.87. The Morgan fingerprint density at radius 2 is 1.89 bits per heavy atom. The number of likely N-dealkylation sites (tertiary alicyclic amines) is 1. The second-order valence-corrected chi connectivity index (χ2v) is 12.9.